The maximum Gasteiger partial charge on any atom is 0.228 e. The van der Waals surface area contributed by atoms with Gasteiger partial charge in [-0.3, -0.25) is 4.99 Å². The molecule has 1 aromatic heterocycles. The lowest BCUT2D eigenvalue weighted by molar-refractivity contribution is 0.271. The molecule has 1 unspecified atom stereocenters. The summed E-state index contributed by atoms with van der Waals surface area (Å²) in [5.41, 5.74) is 1.16. The molecule has 0 amide bonds. The average molecular weight is 359 g/mol. The summed E-state index contributed by atoms with van der Waals surface area (Å²) < 4.78 is 10.8. The Morgan fingerprint density at radius 2 is 1.96 bits per heavy atom. The van der Waals surface area contributed by atoms with Crippen LogP contribution in [0.15, 0.2) is 33.8 Å². The minimum Gasteiger partial charge on any atom is -0.493 e. The van der Waals surface area contributed by atoms with Crippen molar-refractivity contribution in [2.75, 3.05) is 20.2 Å². The van der Waals surface area contributed by atoms with Crippen LogP contribution in [-0.2, 0) is 6.42 Å². The van der Waals surface area contributed by atoms with Crippen molar-refractivity contribution in [1.29, 1.82) is 0 Å². The summed E-state index contributed by atoms with van der Waals surface area (Å²) in [6.45, 7) is 9.57. The Bertz CT molecular complexity index is 694. The lowest BCUT2D eigenvalue weighted by Gasteiger charge is -2.18. The largest absolute Gasteiger partial charge is 0.493 e. The summed E-state index contributed by atoms with van der Waals surface area (Å²) in [5.74, 6) is 3.41. The molecule has 1 atom stereocenters. The molecule has 0 spiro atoms. The van der Waals surface area contributed by atoms with Crippen molar-refractivity contribution < 1.29 is 9.26 Å². The van der Waals surface area contributed by atoms with E-state index in [2.05, 4.69) is 58.7 Å². The number of aliphatic imine (C=N–C) groups is 1. The molecule has 7 heteroatoms. The number of benzene rings is 1. The Labute approximate surface area is 155 Å². The molecule has 0 aliphatic carbocycles. The van der Waals surface area contributed by atoms with Gasteiger partial charge in [0.05, 0.1) is 12.6 Å². The predicted octanol–water partition coefficient (Wildman–Crippen LogP) is 2.88. The topological polar surface area (TPSA) is 84.6 Å². The fourth-order valence-electron chi connectivity index (χ4n) is 2.33. The van der Waals surface area contributed by atoms with Crippen LogP contribution in [0.2, 0.25) is 0 Å². The minimum absolute atomic E-state index is 0.117. The Balaban J connectivity index is 1.81. The van der Waals surface area contributed by atoms with Gasteiger partial charge in [-0.2, -0.15) is 4.98 Å². The number of hydrogen-bond acceptors (Lipinski definition) is 5. The van der Waals surface area contributed by atoms with Gasteiger partial charge in [0.15, 0.2) is 11.8 Å². The first-order chi connectivity index (χ1) is 12.5. The summed E-state index contributed by atoms with van der Waals surface area (Å²) in [4.78, 5) is 8.45. The highest BCUT2D eigenvalue weighted by atomic mass is 16.5. The molecule has 0 aliphatic heterocycles. The van der Waals surface area contributed by atoms with Crippen LogP contribution < -0.4 is 15.4 Å². The Morgan fingerprint density at radius 1 is 1.23 bits per heavy atom. The molecule has 0 aliphatic rings. The Kier molecular flexibility index (Phi) is 7.44. The summed E-state index contributed by atoms with van der Waals surface area (Å²) in [5, 5.41) is 10.4. The second kappa shape index (κ2) is 9.79. The van der Waals surface area contributed by atoms with E-state index in [1.54, 1.807) is 7.05 Å². The van der Waals surface area contributed by atoms with Crippen LogP contribution in [0.5, 0.6) is 5.75 Å². The van der Waals surface area contributed by atoms with Gasteiger partial charge in [0.25, 0.3) is 0 Å². The van der Waals surface area contributed by atoms with E-state index in [4.69, 9.17) is 9.26 Å². The highest BCUT2D eigenvalue weighted by molar-refractivity contribution is 5.80. The second-order valence-corrected chi connectivity index (χ2v) is 6.62. The smallest absolute Gasteiger partial charge is 0.228 e. The summed E-state index contributed by atoms with van der Waals surface area (Å²) in [6, 6.07) is 8.27. The number of rotatable bonds is 8. The van der Waals surface area contributed by atoms with Crippen LogP contribution in [0.4, 0.5) is 0 Å². The van der Waals surface area contributed by atoms with Crippen LogP contribution in [-0.4, -0.2) is 36.3 Å². The van der Waals surface area contributed by atoms with Crippen molar-refractivity contribution in [2.45, 2.75) is 40.2 Å². The molecular formula is C19H29N5O2. The fourth-order valence-corrected chi connectivity index (χ4v) is 2.33. The number of aromatic nitrogens is 2. The number of nitrogens with zero attached hydrogens (tertiary/aromatic N) is 3. The van der Waals surface area contributed by atoms with Crippen LogP contribution in [0.1, 0.15) is 44.1 Å². The second-order valence-electron chi connectivity index (χ2n) is 6.62. The van der Waals surface area contributed by atoms with Gasteiger partial charge in [-0.25, -0.2) is 0 Å². The molecular weight excluding hydrogens is 330 g/mol. The Hall–Kier alpha value is -2.57. The zero-order valence-corrected chi connectivity index (χ0v) is 16.2. The third-order valence-electron chi connectivity index (χ3n) is 3.74. The fraction of sp³-hybridized carbons (Fsp3) is 0.526. The van der Waals surface area contributed by atoms with E-state index >= 15 is 0 Å². The SMILES string of the molecule is CN=C(NCCc1nc(C)no1)NC(C)c1ccc(OCC(C)C)cc1. The number of guanidine groups is 1. The van der Waals surface area contributed by atoms with Crippen molar-refractivity contribution in [3.8, 4) is 5.75 Å². The van der Waals surface area contributed by atoms with Gasteiger partial charge in [0.2, 0.25) is 5.89 Å². The number of nitrogens with one attached hydrogen (secondary N) is 2. The van der Waals surface area contributed by atoms with Crippen LogP contribution in [0.3, 0.4) is 0 Å². The van der Waals surface area contributed by atoms with E-state index in [0.29, 0.717) is 30.6 Å². The first-order valence-corrected chi connectivity index (χ1v) is 8.97. The van der Waals surface area contributed by atoms with E-state index in [0.717, 1.165) is 23.9 Å². The van der Waals surface area contributed by atoms with Crippen molar-refractivity contribution in [2.24, 2.45) is 10.9 Å². The van der Waals surface area contributed by atoms with Crippen LogP contribution >= 0.6 is 0 Å². The lowest BCUT2D eigenvalue weighted by atomic mass is 10.1. The maximum absolute atomic E-state index is 5.72. The molecule has 142 valence electrons. The quantitative estimate of drug-likeness (QED) is 0.557. The highest BCUT2D eigenvalue weighted by Crippen LogP contribution is 2.18. The van der Waals surface area contributed by atoms with Gasteiger partial charge in [-0.1, -0.05) is 31.1 Å². The molecule has 2 N–H and O–H groups in total. The van der Waals surface area contributed by atoms with Crippen molar-refractivity contribution in [1.82, 2.24) is 20.8 Å². The third-order valence-corrected chi connectivity index (χ3v) is 3.74. The third kappa shape index (κ3) is 6.38. The number of hydrogen-bond donors (Lipinski definition) is 2. The molecule has 26 heavy (non-hydrogen) atoms. The Morgan fingerprint density at radius 3 is 2.54 bits per heavy atom. The molecule has 0 radical (unpaired) electrons. The summed E-state index contributed by atoms with van der Waals surface area (Å²) in [6.07, 6.45) is 0.651. The maximum atomic E-state index is 5.72. The normalized spacial score (nSPS) is 12.9. The van der Waals surface area contributed by atoms with Crippen molar-refractivity contribution in [3.63, 3.8) is 0 Å². The van der Waals surface area contributed by atoms with E-state index in [1.165, 1.54) is 0 Å². The van der Waals surface area contributed by atoms with Crippen LogP contribution in [0.25, 0.3) is 0 Å². The predicted molar refractivity (Wildman–Crippen MR) is 102 cm³/mol. The minimum atomic E-state index is 0.117. The van der Waals surface area contributed by atoms with E-state index in [1.807, 2.05) is 19.1 Å². The van der Waals surface area contributed by atoms with E-state index in [9.17, 15) is 0 Å². The van der Waals surface area contributed by atoms with Crippen LogP contribution in [0, 0.1) is 12.8 Å². The van der Waals surface area contributed by atoms with Gasteiger partial charge in [0.1, 0.15) is 5.75 Å². The van der Waals surface area contributed by atoms with Gasteiger partial charge < -0.3 is 19.9 Å². The first-order valence-electron chi connectivity index (χ1n) is 8.97. The van der Waals surface area contributed by atoms with Crippen molar-refractivity contribution in [3.05, 3.63) is 41.5 Å². The summed E-state index contributed by atoms with van der Waals surface area (Å²) >= 11 is 0. The van der Waals surface area contributed by atoms with Crippen molar-refractivity contribution >= 4 is 5.96 Å². The molecule has 0 fully saturated rings. The molecule has 0 saturated heterocycles. The number of aryl methyl sites for hydroxylation is 1. The molecule has 2 rings (SSSR count). The lowest BCUT2D eigenvalue weighted by Crippen LogP contribution is -2.39. The first kappa shape index (κ1) is 19.8. The summed E-state index contributed by atoms with van der Waals surface area (Å²) in [7, 11) is 1.75. The zero-order chi connectivity index (χ0) is 18.9. The van der Waals surface area contributed by atoms with Gasteiger partial charge in [0, 0.05) is 20.0 Å². The van der Waals surface area contributed by atoms with Gasteiger partial charge in [-0.15, -0.1) is 0 Å². The highest BCUT2D eigenvalue weighted by Gasteiger charge is 2.09. The van der Waals surface area contributed by atoms with E-state index in [-0.39, 0.29) is 6.04 Å². The molecule has 2 aromatic rings. The molecule has 0 saturated carbocycles. The average Bonchev–Trinajstić information content (AvgIpc) is 3.04. The standard InChI is InChI=1S/C19H29N5O2/c1-13(2)12-25-17-8-6-16(7-9-17)14(3)22-19(20-5)21-11-10-18-23-15(4)24-26-18/h6-9,13-14H,10-12H2,1-5H3,(H2,20,21,22). The zero-order valence-electron chi connectivity index (χ0n) is 16.2. The molecule has 7 nitrogen and oxygen atoms in total. The molecule has 1 heterocycles. The van der Waals surface area contributed by atoms with Gasteiger partial charge in [-0.05, 0) is 37.5 Å². The van der Waals surface area contributed by atoms with E-state index < -0.39 is 0 Å². The van der Waals surface area contributed by atoms with Gasteiger partial charge >= 0.3 is 0 Å². The molecule has 0 bridgehead atoms. The molecule has 1 aromatic carbocycles. The number of ether oxygens (including phenoxy) is 1. The monoisotopic (exact) mass is 359 g/mol.